The summed E-state index contributed by atoms with van der Waals surface area (Å²) in [4.78, 5) is 35.2. The minimum absolute atomic E-state index is 0.0522. The van der Waals surface area contributed by atoms with Gasteiger partial charge in [0, 0.05) is 13.1 Å². The molecule has 0 aromatic rings. The molecule has 0 aromatic heterocycles. The number of carboxylic acids is 1. The summed E-state index contributed by atoms with van der Waals surface area (Å²) in [7, 11) is 0. The van der Waals surface area contributed by atoms with Gasteiger partial charge < -0.3 is 15.3 Å². The van der Waals surface area contributed by atoms with Crippen molar-refractivity contribution in [2.24, 2.45) is 11.8 Å². The van der Waals surface area contributed by atoms with Gasteiger partial charge in [-0.3, -0.25) is 14.4 Å². The summed E-state index contributed by atoms with van der Waals surface area (Å²) in [6.45, 7) is 4.89. The van der Waals surface area contributed by atoms with Gasteiger partial charge in [0.15, 0.2) is 0 Å². The molecular formula is C11H18N2O4. The van der Waals surface area contributed by atoms with Crippen molar-refractivity contribution in [2.75, 3.05) is 19.6 Å². The highest BCUT2D eigenvalue weighted by atomic mass is 16.4. The van der Waals surface area contributed by atoms with Crippen LogP contribution in [-0.2, 0) is 14.4 Å². The van der Waals surface area contributed by atoms with Crippen LogP contribution in [0.1, 0.15) is 20.3 Å². The number of carboxylic acid groups (broad SMARTS) is 1. The van der Waals surface area contributed by atoms with Crippen molar-refractivity contribution in [1.29, 1.82) is 0 Å². The van der Waals surface area contributed by atoms with E-state index in [4.69, 9.17) is 5.11 Å². The van der Waals surface area contributed by atoms with Crippen LogP contribution in [0.5, 0.6) is 0 Å². The highest BCUT2D eigenvalue weighted by molar-refractivity contribution is 5.91. The lowest BCUT2D eigenvalue weighted by Gasteiger charge is -2.18. The van der Waals surface area contributed by atoms with E-state index >= 15 is 0 Å². The van der Waals surface area contributed by atoms with Gasteiger partial charge in [-0.15, -0.1) is 0 Å². The van der Waals surface area contributed by atoms with E-state index < -0.39 is 17.8 Å². The molecule has 2 amide bonds. The molecule has 1 aliphatic carbocycles. The summed E-state index contributed by atoms with van der Waals surface area (Å²) < 4.78 is 0. The van der Waals surface area contributed by atoms with Crippen molar-refractivity contribution in [2.45, 2.75) is 20.3 Å². The van der Waals surface area contributed by atoms with Crippen LogP contribution in [0.25, 0.3) is 0 Å². The molecule has 2 unspecified atom stereocenters. The molecule has 1 saturated carbocycles. The molecule has 96 valence electrons. The molecule has 1 rings (SSSR count). The molecular weight excluding hydrogens is 224 g/mol. The Balaban J connectivity index is 2.30. The number of rotatable bonds is 6. The fraction of sp³-hybridized carbons (Fsp3) is 0.727. The number of carbonyl (C=O) groups excluding carboxylic acids is 2. The zero-order chi connectivity index (χ0) is 13.0. The van der Waals surface area contributed by atoms with Gasteiger partial charge in [-0.2, -0.15) is 0 Å². The first-order chi connectivity index (χ1) is 8.01. The van der Waals surface area contributed by atoms with Gasteiger partial charge in [-0.1, -0.05) is 0 Å². The first-order valence-electron chi connectivity index (χ1n) is 5.79. The molecule has 6 nitrogen and oxygen atoms in total. The molecule has 0 saturated heterocycles. The van der Waals surface area contributed by atoms with Gasteiger partial charge in [0.05, 0.1) is 18.4 Å². The fourth-order valence-electron chi connectivity index (χ4n) is 1.74. The van der Waals surface area contributed by atoms with Crippen LogP contribution in [0.2, 0.25) is 0 Å². The molecule has 0 spiro atoms. The van der Waals surface area contributed by atoms with E-state index in [2.05, 4.69) is 5.32 Å². The number of nitrogens with zero attached hydrogens (tertiary/aromatic N) is 1. The van der Waals surface area contributed by atoms with Crippen molar-refractivity contribution < 1.29 is 19.5 Å². The van der Waals surface area contributed by atoms with Gasteiger partial charge >= 0.3 is 5.97 Å². The lowest BCUT2D eigenvalue weighted by molar-refractivity contribution is -0.140. The van der Waals surface area contributed by atoms with E-state index in [0.29, 0.717) is 19.5 Å². The summed E-state index contributed by atoms with van der Waals surface area (Å²) in [6.07, 6.45) is 0.376. The van der Waals surface area contributed by atoms with Gasteiger partial charge in [-0.25, -0.2) is 0 Å². The fourth-order valence-corrected chi connectivity index (χ4v) is 1.74. The van der Waals surface area contributed by atoms with Crippen molar-refractivity contribution in [3.05, 3.63) is 0 Å². The number of hydrogen-bond donors (Lipinski definition) is 2. The van der Waals surface area contributed by atoms with Gasteiger partial charge in [0.1, 0.15) is 0 Å². The zero-order valence-corrected chi connectivity index (χ0v) is 10.1. The number of nitrogens with one attached hydrogen (secondary N) is 1. The van der Waals surface area contributed by atoms with E-state index in [1.807, 2.05) is 13.8 Å². The highest BCUT2D eigenvalue weighted by Crippen LogP contribution is 2.38. The smallest absolute Gasteiger partial charge is 0.307 e. The molecule has 6 heteroatoms. The zero-order valence-electron chi connectivity index (χ0n) is 10.1. The molecule has 2 N–H and O–H groups in total. The predicted octanol–water partition coefficient (Wildman–Crippen LogP) is -0.308. The highest BCUT2D eigenvalue weighted by Gasteiger charge is 2.48. The third-order valence-corrected chi connectivity index (χ3v) is 2.97. The minimum Gasteiger partial charge on any atom is -0.481 e. The van der Waals surface area contributed by atoms with E-state index in [0.717, 1.165) is 0 Å². The number of hydrogen-bond acceptors (Lipinski definition) is 3. The Morgan fingerprint density at radius 2 is 1.82 bits per heavy atom. The van der Waals surface area contributed by atoms with Crippen LogP contribution < -0.4 is 5.32 Å². The maximum absolute atomic E-state index is 11.6. The number of carbonyl (C=O) groups is 3. The summed E-state index contributed by atoms with van der Waals surface area (Å²) in [5.41, 5.74) is 0. The maximum Gasteiger partial charge on any atom is 0.307 e. The second-order valence-electron chi connectivity index (χ2n) is 4.07. The molecule has 2 atom stereocenters. The van der Waals surface area contributed by atoms with E-state index in [1.54, 1.807) is 4.90 Å². The molecule has 0 aromatic carbocycles. The SMILES string of the molecule is CCN(CC)C(=O)CNC(=O)C1CC1C(=O)O. The molecule has 1 fully saturated rings. The van der Waals surface area contributed by atoms with Crippen LogP contribution in [0.4, 0.5) is 0 Å². The minimum atomic E-state index is -0.944. The van der Waals surface area contributed by atoms with Crippen LogP contribution in [-0.4, -0.2) is 47.4 Å². The molecule has 0 heterocycles. The standard InChI is InChI=1S/C11H18N2O4/c1-3-13(4-2)9(14)6-12-10(15)7-5-8(7)11(16)17/h7-8H,3-6H2,1-2H3,(H,12,15)(H,16,17). The first-order valence-corrected chi connectivity index (χ1v) is 5.79. The van der Waals surface area contributed by atoms with E-state index in [-0.39, 0.29) is 18.4 Å². The lowest BCUT2D eigenvalue weighted by atomic mass is 10.3. The Morgan fingerprint density at radius 1 is 1.24 bits per heavy atom. The molecule has 0 radical (unpaired) electrons. The summed E-state index contributed by atoms with van der Waals surface area (Å²) in [6, 6.07) is 0. The predicted molar refractivity (Wildman–Crippen MR) is 60.2 cm³/mol. The Hall–Kier alpha value is -1.59. The quantitative estimate of drug-likeness (QED) is 0.669. The molecule has 1 aliphatic rings. The number of aliphatic carboxylic acids is 1. The van der Waals surface area contributed by atoms with E-state index in [1.165, 1.54) is 0 Å². The van der Waals surface area contributed by atoms with Gasteiger partial charge in [0.25, 0.3) is 0 Å². The summed E-state index contributed by atoms with van der Waals surface area (Å²) in [5, 5.41) is 11.1. The Labute approximate surface area is 100.0 Å². The second-order valence-corrected chi connectivity index (χ2v) is 4.07. The van der Waals surface area contributed by atoms with Gasteiger partial charge in [-0.05, 0) is 20.3 Å². The van der Waals surface area contributed by atoms with Crippen molar-refractivity contribution in [3.63, 3.8) is 0 Å². The van der Waals surface area contributed by atoms with Crippen molar-refractivity contribution in [1.82, 2.24) is 10.2 Å². The number of amides is 2. The van der Waals surface area contributed by atoms with Crippen molar-refractivity contribution >= 4 is 17.8 Å². The normalized spacial score (nSPS) is 21.8. The molecule has 17 heavy (non-hydrogen) atoms. The van der Waals surface area contributed by atoms with E-state index in [9.17, 15) is 14.4 Å². The Kier molecular flexibility index (Phi) is 4.48. The summed E-state index contributed by atoms with van der Waals surface area (Å²) >= 11 is 0. The van der Waals surface area contributed by atoms with Crippen LogP contribution in [0.15, 0.2) is 0 Å². The van der Waals surface area contributed by atoms with Crippen LogP contribution >= 0.6 is 0 Å². The molecule has 0 aliphatic heterocycles. The van der Waals surface area contributed by atoms with Crippen LogP contribution in [0.3, 0.4) is 0 Å². The monoisotopic (exact) mass is 242 g/mol. The average molecular weight is 242 g/mol. The summed E-state index contributed by atoms with van der Waals surface area (Å²) in [5.74, 6) is -2.45. The van der Waals surface area contributed by atoms with Crippen LogP contribution in [0, 0.1) is 11.8 Å². The number of likely N-dealkylation sites (N-methyl/N-ethyl adjacent to an activating group) is 1. The Morgan fingerprint density at radius 3 is 2.24 bits per heavy atom. The largest absolute Gasteiger partial charge is 0.481 e. The maximum atomic E-state index is 11.6. The molecule has 0 bridgehead atoms. The third kappa shape index (κ3) is 3.44. The second kappa shape index (κ2) is 5.65. The first kappa shape index (κ1) is 13.5. The topological polar surface area (TPSA) is 86.7 Å². The average Bonchev–Trinajstić information content (AvgIpc) is 3.07. The third-order valence-electron chi connectivity index (χ3n) is 2.97. The lowest BCUT2D eigenvalue weighted by Crippen LogP contribution is -2.40. The Bertz CT molecular complexity index is 325. The van der Waals surface area contributed by atoms with Gasteiger partial charge in [0.2, 0.25) is 11.8 Å². The van der Waals surface area contributed by atoms with Crippen molar-refractivity contribution in [3.8, 4) is 0 Å².